The molecule has 0 spiro atoms. The summed E-state index contributed by atoms with van der Waals surface area (Å²) in [5.74, 6) is -0.826. The van der Waals surface area contributed by atoms with Crippen LogP contribution in [0.15, 0.2) is 72.8 Å². The molecule has 2 nitrogen and oxygen atoms in total. The molecule has 0 amide bonds. The van der Waals surface area contributed by atoms with Gasteiger partial charge in [-0.2, -0.15) is 5.26 Å². The minimum absolute atomic E-state index is 0.125. The number of carbonyl (C=O) groups excluding carboxylic acids is 1. The van der Waals surface area contributed by atoms with E-state index in [-0.39, 0.29) is 5.78 Å². The molecule has 0 radical (unpaired) electrons. The molecule has 0 aliphatic heterocycles. The van der Waals surface area contributed by atoms with Crippen molar-refractivity contribution in [3.63, 3.8) is 0 Å². The molecule has 0 N–H and O–H groups in total. The maximum Gasteiger partial charge on any atom is 0.174 e. The number of hydrogen-bond acceptors (Lipinski definition) is 2. The molecular formula is C18H13NO. The van der Waals surface area contributed by atoms with Gasteiger partial charge in [0, 0.05) is 0 Å². The van der Waals surface area contributed by atoms with Gasteiger partial charge in [-0.3, -0.25) is 4.79 Å². The molecule has 0 bridgehead atoms. The minimum atomic E-state index is -0.702. The number of nitrogens with zero attached hydrogens (tertiary/aromatic N) is 1. The smallest absolute Gasteiger partial charge is 0.174 e. The van der Waals surface area contributed by atoms with Gasteiger partial charge < -0.3 is 0 Å². The van der Waals surface area contributed by atoms with Crippen molar-refractivity contribution in [3.05, 3.63) is 83.9 Å². The molecule has 2 aromatic rings. The molecule has 0 saturated carbocycles. The molecule has 0 aromatic heterocycles. The van der Waals surface area contributed by atoms with Crippen LogP contribution in [0.2, 0.25) is 0 Å². The molecule has 96 valence electrons. The van der Waals surface area contributed by atoms with Crippen molar-refractivity contribution < 1.29 is 4.79 Å². The predicted molar refractivity (Wildman–Crippen MR) is 76.9 cm³/mol. The molecule has 0 fully saturated rings. The van der Waals surface area contributed by atoms with Crippen LogP contribution >= 0.6 is 0 Å². The zero-order chi connectivity index (χ0) is 14.0. The van der Waals surface area contributed by atoms with Gasteiger partial charge in [-0.1, -0.05) is 66.7 Å². The summed E-state index contributed by atoms with van der Waals surface area (Å²) in [5, 5.41) is 9.48. The summed E-state index contributed by atoms with van der Waals surface area (Å²) in [7, 11) is 0. The Morgan fingerprint density at radius 2 is 1.40 bits per heavy atom. The van der Waals surface area contributed by atoms with E-state index < -0.39 is 11.3 Å². The quantitative estimate of drug-likeness (QED) is 0.830. The fourth-order valence-corrected chi connectivity index (χ4v) is 2.92. The largest absolute Gasteiger partial charge is 0.293 e. The summed E-state index contributed by atoms with van der Waals surface area (Å²) in [6.45, 7) is 0. The maximum atomic E-state index is 12.1. The Morgan fingerprint density at radius 3 is 1.85 bits per heavy atom. The third-order valence-corrected chi connectivity index (χ3v) is 3.88. The predicted octanol–water partition coefficient (Wildman–Crippen LogP) is 3.25. The van der Waals surface area contributed by atoms with Gasteiger partial charge in [0.2, 0.25) is 0 Å². The van der Waals surface area contributed by atoms with Crippen molar-refractivity contribution in [3.8, 4) is 6.07 Å². The van der Waals surface area contributed by atoms with Crippen molar-refractivity contribution in [2.24, 2.45) is 5.92 Å². The van der Waals surface area contributed by atoms with Gasteiger partial charge in [0.15, 0.2) is 5.78 Å². The SMILES string of the molecule is N#CC1C(=O)C=CC1(c1ccccc1)c1ccccc1. The van der Waals surface area contributed by atoms with E-state index in [1.165, 1.54) is 6.08 Å². The summed E-state index contributed by atoms with van der Waals surface area (Å²) < 4.78 is 0. The lowest BCUT2D eigenvalue weighted by Crippen LogP contribution is -2.34. The fourth-order valence-electron chi connectivity index (χ4n) is 2.92. The van der Waals surface area contributed by atoms with Crippen LogP contribution in [0, 0.1) is 17.2 Å². The second kappa shape index (κ2) is 4.79. The first-order valence-corrected chi connectivity index (χ1v) is 6.53. The Labute approximate surface area is 118 Å². The molecule has 1 aliphatic carbocycles. The summed E-state index contributed by atoms with van der Waals surface area (Å²) >= 11 is 0. The van der Waals surface area contributed by atoms with E-state index in [4.69, 9.17) is 0 Å². The van der Waals surface area contributed by atoms with Crippen molar-refractivity contribution >= 4 is 5.78 Å². The molecule has 0 heterocycles. The fraction of sp³-hybridized carbons (Fsp3) is 0.111. The first kappa shape index (κ1) is 12.4. The number of nitriles is 1. The zero-order valence-corrected chi connectivity index (χ0v) is 10.9. The van der Waals surface area contributed by atoms with Crippen LogP contribution in [0.5, 0.6) is 0 Å². The number of allylic oxidation sites excluding steroid dienone is 2. The Balaban J connectivity index is 2.28. The number of benzene rings is 2. The Morgan fingerprint density at radius 1 is 0.900 bits per heavy atom. The molecule has 20 heavy (non-hydrogen) atoms. The molecule has 1 aliphatic rings. The molecule has 0 saturated heterocycles. The number of rotatable bonds is 2. The maximum absolute atomic E-state index is 12.1. The lowest BCUT2D eigenvalue weighted by Gasteiger charge is -2.31. The lowest BCUT2D eigenvalue weighted by molar-refractivity contribution is -0.116. The third kappa shape index (κ3) is 1.68. The Kier molecular flexibility index (Phi) is 2.96. The van der Waals surface area contributed by atoms with E-state index in [1.54, 1.807) is 0 Å². The van der Waals surface area contributed by atoms with E-state index in [0.29, 0.717) is 0 Å². The summed E-state index contributed by atoms with van der Waals surface area (Å²) in [6, 6.07) is 21.7. The first-order chi connectivity index (χ1) is 9.79. The van der Waals surface area contributed by atoms with Crippen LogP contribution in [-0.4, -0.2) is 5.78 Å². The highest BCUT2D eigenvalue weighted by Crippen LogP contribution is 2.44. The summed E-state index contributed by atoms with van der Waals surface area (Å²) in [4.78, 5) is 12.1. The van der Waals surface area contributed by atoms with Crippen molar-refractivity contribution in [2.75, 3.05) is 0 Å². The van der Waals surface area contributed by atoms with Gasteiger partial charge in [-0.05, 0) is 17.2 Å². The molecule has 3 rings (SSSR count). The highest BCUT2D eigenvalue weighted by molar-refractivity contribution is 5.99. The van der Waals surface area contributed by atoms with E-state index in [0.717, 1.165) is 11.1 Å². The van der Waals surface area contributed by atoms with Crippen LogP contribution in [0.25, 0.3) is 0 Å². The van der Waals surface area contributed by atoms with E-state index in [1.807, 2.05) is 66.7 Å². The molecular weight excluding hydrogens is 246 g/mol. The number of carbonyl (C=O) groups is 1. The third-order valence-electron chi connectivity index (χ3n) is 3.88. The lowest BCUT2D eigenvalue weighted by atomic mass is 9.68. The topological polar surface area (TPSA) is 40.9 Å². The molecule has 2 heteroatoms. The average molecular weight is 259 g/mol. The number of ketones is 1. The van der Waals surface area contributed by atoms with E-state index in [9.17, 15) is 10.1 Å². The Hall–Kier alpha value is -2.66. The molecule has 1 unspecified atom stereocenters. The van der Waals surface area contributed by atoms with Crippen molar-refractivity contribution in [2.45, 2.75) is 5.41 Å². The van der Waals surface area contributed by atoms with Crippen LogP contribution < -0.4 is 0 Å². The zero-order valence-electron chi connectivity index (χ0n) is 10.9. The molecule has 1 atom stereocenters. The average Bonchev–Trinajstić information content (AvgIpc) is 2.86. The van der Waals surface area contributed by atoms with Gasteiger partial charge in [-0.15, -0.1) is 0 Å². The second-order valence-electron chi connectivity index (χ2n) is 4.90. The van der Waals surface area contributed by atoms with Crippen LogP contribution in [-0.2, 0) is 10.2 Å². The Bertz CT molecular complexity index is 656. The summed E-state index contributed by atoms with van der Waals surface area (Å²) in [5.41, 5.74) is 1.27. The summed E-state index contributed by atoms with van der Waals surface area (Å²) in [6.07, 6.45) is 3.40. The van der Waals surface area contributed by atoms with Gasteiger partial charge in [0.25, 0.3) is 0 Å². The van der Waals surface area contributed by atoms with Gasteiger partial charge >= 0.3 is 0 Å². The van der Waals surface area contributed by atoms with Crippen LogP contribution in [0.4, 0.5) is 0 Å². The minimum Gasteiger partial charge on any atom is -0.293 e. The van der Waals surface area contributed by atoms with E-state index >= 15 is 0 Å². The number of hydrogen-bond donors (Lipinski definition) is 0. The normalized spacial score (nSPS) is 19.8. The molecule has 2 aromatic carbocycles. The first-order valence-electron chi connectivity index (χ1n) is 6.53. The van der Waals surface area contributed by atoms with E-state index in [2.05, 4.69) is 6.07 Å². The van der Waals surface area contributed by atoms with Crippen molar-refractivity contribution in [1.29, 1.82) is 5.26 Å². The van der Waals surface area contributed by atoms with Gasteiger partial charge in [0.05, 0.1) is 11.5 Å². The van der Waals surface area contributed by atoms with Crippen molar-refractivity contribution in [1.82, 2.24) is 0 Å². The van der Waals surface area contributed by atoms with Crippen LogP contribution in [0.1, 0.15) is 11.1 Å². The second-order valence-corrected chi connectivity index (χ2v) is 4.90. The highest BCUT2D eigenvalue weighted by atomic mass is 16.1. The van der Waals surface area contributed by atoms with Gasteiger partial charge in [0.1, 0.15) is 5.92 Å². The monoisotopic (exact) mass is 259 g/mol. The standard InChI is InChI=1S/C18H13NO/c19-13-16-17(20)11-12-18(16,14-7-3-1-4-8-14)15-9-5-2-6-10-15/h1-12,16H. The van der Waals surface area contributed by atoms with Gasteiger partial charge in [-0.25, -0.2) is 0 Å². The van der Waals surface area contributed by atoms with Crippen LogP contribution in [0.3, 0.4) is 0 Å². The highest BCUT2D eigenvalue weighted by Gasteiger charge is 2.47.